The molecule has 2 aromatic carbocycles. The lowest BCUT2D eigenvalue weighted by Crippen LogP contribution is -2.42. The highest BCUT2D eigenvalue weighted by atomic mass is 19.4. The monoisotopic (exact) mass is 499 g/mol. The molecule has 0 bridgehead atoms. The number of carbonyl (C=O) groups excluding carboxylic acids is 1. The number of alkyl halides is 3. The van der Waals surface area contributed by atoms with Crippen LogP contribution >= 0.6 is 0 Å². The smallest absolute Gasteiger partial charge is 0.353 e. The van der Waals surface area contributed by atoms with Gasteiger partial charge in [-0.15, -0.1) is 5.10 Å². The second kappa shape index (κ2) is 9.44. The minimum Gasteiger partial charge on any atom is -0.353 e. The van der Waals surface area contributed by atoms with E-state index in [-0.39, 0.29) is 24.1 Å². The molecule has 12 heteroatoms. The van der Waals surface area contributed by atoms with E-state index in [0.717, 1.165) is 11.5 Å². The Balaban J connectivity index is 1.39. The first-order chi connectivity index (χ1) is 17.3. The van der Waals surface area contributed by atoms with Gasteiger partial charge in [-0.25, -0.2) is 9.07 Å². The van der Waals surface area contributed by atoms with Crippen LogP contribution < -0.4 is 15.5 Å². The summed E-state index contributed by atoms with van der Waals surface area (Å²) < 4.78 is 55.7. The average Bonchev–Trinajstić information content (AvgIpc) is 3.29. The van der Waals surface area contributed by atoms with E-state index in [1.807, 2.05) is 24.3 Å². The maximum Gasteiger partial charge on any atom is 0.406 e. The topological polar surface area (TPSA) is 87.4 Å². The number of halogens is 4. The minimum atomic E-state index is -4.66. The number of hydrogen-bond acceptors (Lipinski definition) is 6. The van der Waals surface area contributed by atoms with Gasteiger partial charge in [0.1, 0.15) is 36.6 Å². The summed E-state index contributed by atoms with van der Waals surface area (Å²) in [6.07, 6.45) is 0.523. The van der Waals surface area contributed by atoms with E-state index in [2.05, 4.69) is 25.9 Å². The summed E-state index contributed by atoms with van der Waals surface area (Å²) in [4.78, 5) is 17.9. The Hall–Kier alpha value is -4.22. The molecule has 5 rings (SSSR count). The van der Waals surface area contributed by atoms with Crippen LogP contribution in [0.2, 0.25) is 0 Å². The van der Waals surface area contributed by atoms with Gasteiger partial charge in [0.15, 0.2) is 0 Å². The number of carbonyl (C=O) groups is 1. The first kappa shape index (κ1) is 23.5. The van der Waals surface area contributed by atoms with Crippen LogP contribution in [0.1, 0.15) is 18.0 Å². The van der Waals surface area contributed by atoms with Gasteiger partial charge in [-0.05, 0) is 43.2 Å². The molecule has 8 nitrogen and oxygen atoms in total. The Labute approximate surface area is 203 Å². The van der Waals surface area contributed by atoms with Crippen molar-refractivity contribution >= 4 is 23.5 Å². The van der Waals surface area contributed by atoms with Gasteiger partial charge in [0, 0.05) is 23.0 Å². The number of anilines is 2. The van der Waals surface area contributed by atoms with Crippen LogP contribution in [0.5, 0.6) is 0 Å². The third kappa shape index (κ3) is 4.92. The predicted octanol–water partition coefficient (Wildman–Crippen LogP) is 4.05. The number of allylic oxidation sites excluding steroid dienone is 1. The van der Waals surface area contributed by atoms with Crippen molar-refractivity contribution in [2.24, 2.45) is 4.99 Å². The van der Waals surface area contributed by atoms with Crippen molar-refractivity contribution in [3.05, 3.63) is 71.9 Å². The quantitative estimate of drug-likeness (QED) is 0.518. The number of nitrogens with zero attached hydrogens (tertiary/aromatic N) is 5. The van der Waals surface area contributed by atoms with Crippen molar-refractivity contribution in [1.29, 1.82) is 0 Å². The maximum atomic E-state index is 14.4. The zero-order valence-corrected chi connectivity index (χ0v) is 18.8. The second-order valence-electron chi connectivity index (χ2n) is 8.36. The van der Waals surface area contributed by atoms with Gasteiger partial charge in [0.25, 0.3) is 5.91 Å². The predicted molar refractivity (Wildman–Crippen MR) is 126 cm³/mol. The molecule has 0 radical (unpaired) electrons. The van der Waals surface area contributed by atoms with E-state index in [4.69, 9.17) is 0 Å². The Morgan fingerprint density at radius 1 is 1.14 bits per heavy atom. The molecule has 0 aliphatic carbocycles. The average molecular weight is 499 g/mol. The fourth-order valence-electron chi connectivity index (χ4n) is 4.24. The van der Waals surface area contributed by atoms with Crippen LogP contribution in [0.15, 0.2) is 65.6 Å². The lowest BCUT2D eigenvalue weighted by molar-refractivity contribution is -0.134. The molecule has 36 heavy (non-hydrogen) atoms. The first-order valence-corrected chi connectivity index (χ1v) is 11.2. The zero-order chi connectivity index (χ0) is 25.3. The Bertz CT molecular complexity index is 1330. The number of fused-ring (bicyclic) bond motifs is 1. The molecule has 1 amide bonds. The van der Waals surface area contributed by atoms with Gasteiger partial charge in [-0.2, -0.15) is 13.2 Å². The van der Waals surface area contributed by atoms with E-state index >= 15 is 0 Å². The molecule has 186 valence electrons. The van der Waals surface area contributed by atoms with E-state index in [9.17, 15) is 22.4 Å². The van der Waals surface area contributed by atoms with Gasteiger partial charge in [0.2, 0.25) is 0 Å². The molecular formula is C24H21F4N7O. The molecule has 0 saturated heterocycles. The highest BCUT2D eigenvalue weighted by Gasteiger charge is 2.40. The molecule has 0 fully saturated rings. The molecule has 1 atom stereocenters. The Kier molecular flexibility index (Phi) is 6.17. The number of aliphatic imine (C=N–C) groups is 1. The first-order valence-electron chi connectivity index (χ1n) is 11.2. The van der Waals surface area contributed by atoms with Crippen LogP contribution in [-0.2, 0) is 11.2 Å². The Morgan fingerprint density at radius 3 is 2.67 bits per heavy atom. The lowest BCUT2D eigenvalue weighted by Gasteiger charge is -2.26. The zero-order valence-electron chi connectivity index (χ0n) is 18.8. The highest BCUT2D eigenvalue weighted by Crippen LogP contribution is 2.35. The lowest BCUT2D eigenvalue weighted by atomic mass is 10.1. The second-order valence-corrected chi connectivity index (χ2v) is 8.36. The van der Waals surface area contributed by atoms with Gasteiger partial charge >= 0.3 is 6.18 Å². The normalized spacial score (nSPS) is 17.8. The van der Waals surface area contributed by atoms with Gasteiger partial charge in [-0.1, -0.05) is 23.4 Å². The summed E-state index contributed by atoms with van der Waals surface area (Å²) in [5, 5.41) is 14.5. The van der Waals surface area contributed by atoms with E-state index in [1.54, 1.807) is 12.3 Å². The summed E-state index contributed by atoms with van der Waals surface area (Å²) in [5.74, 6) is -0.659. The molecule has 2 N–H and O–H groups in total. The third-order valence-corrected chi connectivity index (χ3v) is 5.94. The molecule has 2 aliphatic rings. The number of rotatable bonds is 5. The Morgan fingerprint density at radius 2 is 1.94 bits per heavy atom. The van der Waals surface area contributed by atoms with Crippen molar-refractivity contribution in [2.45, 2.75) is 25.1 Å². The largest absolute Gasteiger partial charge is 0.406 e. The number of amides is 1. The number of hydrogen-bond donors (Lipinski definition) is 2. The van der Waals surface area contributed by atoms with Crippen molar-refractivity contribution in [3.63, 3.8) is 0 Å². The maximum absolute atomic E-state index is 14.4. The van der Waals surface area contributed by atoms with Crippen molar-refractivity contribution in [1.82, 2.24) is 20.3 Å². The standard InChI is InChI=1S/C24H21F4N7O/c25-18-2-1-3-20-17(18)8-9-21(23(36)34(20)13-24(26,27)28)35-12-19(32-33-35)15-4-6-16(7-5-15)31-22-10-11-29-14-30-22/h1-7,10-12,21,30-31H,8-9,13-14H2. The molecule has 1 aromatic heterocycles. The summed E-state index contributed by atoms with van der Waals surface area (Å²) >= 11 is 0. The summed E-state index contributed by atoms with van der Waals surface area (Å²) in [5.41, 5.74) is 1.99. The highest BCUT2D eigenvalue weighted by molar-refractivity contribution is 5.97. The molecule has 0 spiro atoms. The van der Waals surface area contributed by atoms with Crippen LogP contribution in [0.3, 0.4) is 0 Å². The van der Waals surface area contributed by atoms with Gasteiger partial charge in [0.05, 0.1) is 11.9 Å². The molecule has 2 aliphatic heterocycles. The minimum absolute atomic E-state index is 0.0721. The van der Waals surface area contributed by atoms with Crippen molar-refractivity contribution in [2.75, 3.05) is 23.4 Å². The number of aromatic nitrogens is 3. The van der Waals surface area contributed by atoms with E-state index in [1.165, 1.54) is 29.1 Å². The SMILES string of the molecule is O=C1C(n2cc(-c3ccc(NC4=CC=NCN4)cc3)nn2)CCc2c(F)cccc2N1CC(F)(F)F. The van der Waals surface area contributed by atoms with Crippen LogP contribution in [0.25, 0.3) is 11.3 Å². The summed E-state index contributed by atoms with van der Waals surface area (Å²) in [6.45, 7) is -1.04. The number of nitrogens with one attached hydrogen (secondary N) is 2. The fourth-order valence-corrected chi connectivity index (χ4v) is 4.24. The molecule has 3 heterocycles. The van der Waals surface area contributed by atoms with Crippen LogP contribution in [0.4, 0.5) is 28.9 Å². The van der Waals surface area contributed by atoms with Crippen LogP contribution in [0, 0.1) is 5.82 Å². The summed E-state index contributed by atoms with van der Waals surface area (Å²) in [7, 11) is 0. The molecule has 0 saturated carbocycles. The van der Waals surface area contributed by atoms with E-state index in [0.29, 0.717) is 22.8 Å². The van der Waals surface area contributed by atoms with Gasteiger partial charge < -0.3 is 15.5 Å². The fraction of sp³-hybridized carbons (Fsp3) is 0.250. The molecule has 3 aromatic rings. The molecule has 1 unspecified atom stereocenters. The summed E-state index contributed by atoms with van der Waals surface area (Å²) in [6, 6.07) is 10.0. The van der Waals surface area contributed by atoms with Crippen LogP contribution in [-0.4, -0.2) is 46.5 Å². The van der Waals surface area contributed by atoms with Crippen molar-refractivity contribution in [3.8, 4) is 11.3 Å². The van der Waals surface area contributed by atoms with E-state index < -0.39 is 30.5 Å². The van der Waals surface area contributed by atoms with Crippen molar-refractivity contribution < 1.29 is 22.4 Å². The van der Waals surface area contributed by atoms with Gasteiger partial charge in [-0.3, -0.25) is 9.79 Å². The molecular weight excluding hydrogens is 478 g/mol. The number of benzene rings is 2. The third-order valence-electron chi connectivity index (χ3n) is 5.94.